The van der Waals surface area contributed by atoms with E-state index in [2.05, 4.69) is 39.0 Å². The minimum Gasteiger partial charge on any atom is -0.324 e. The van der Waals surface area contributed by atoms with Gasteiger partial charge in [0.25, 0.3) is 0 Å². The molecule has 2 heteroatoms. The summed E-state index contributed by atoms with van der Waals surface area (Å²) >= 11 is 2.00. The Balaban J connectivity index is 2.43. The molecular weight excluding hydrogens is 214 g/mol. The zero-order valence-electron chi connectivity index (χ0n) is 10.4. The highest BCUT2D eigenvalue weighted by atomic mass is 32.2. The molecule has 1 aromatic carbocycles. The molecule has 1 aliphatic rings. The monoisotopic (exact) mass is 235 g/mol. The van der Waals surface area contributed by atoms with Crippen LogP contribution in [0, 0.1) is 0 Å². The van der Waals surface area contributed by atoms with Gasteiger partial charge in [-0.25, -0.2) is 0 Å². The Hall–Kier alpha value is -0.470. The topological polar surface area (TPSA) is 26.0 Å². The molecule has 1 aromatic rings. The molecule has 0 aliphatic carbocycles. The molecule has 2 N–H and O–H groups in total. The summed E-state index contributed by atoms with van der Waals surface area (Å²) in [4.78, 5) is 0. The fourth-order valence-electron chi connectivity index (χ4n) is 2.09. The fourth-order valence-corrected chi connectivity index (χ4v) is 3.13. The molecule has 1 atom stereocenters. The SMILES string of the molecule is CC(C)(C)c1ccc2c(c1)[C@@H](N)CCSC2. The lowest BCUT2D eigenvalue weighted by atomic mass is 9.84. The van der Waals surface area contributed by atoms with Crippen LogP contribution in [0.4, 0.5) is 0 Å². The van der Waals surface area contributed by atoms with Crippen LogP contribution in [0.15, 0.2) is 18.2 Å². The summed E-state index contributed by atoms with van der Waals surface area (Å²) in [5.74, 6) is 2.30. The molecule has 0 bridgehead atoms. The Bertz CT molecular complexity index is 379. The lowest BCUT2D eigenvalue weighted by Gasteiger charge is -2.22. The van der Waals surface area contributed by atoms with Crippen LogP contribution in [-0.4, -0.2) is 5.75 Å². The lowest BCUT2D eigenvalue weighted by molar-refractivity contribution is 0.586. The van der Waals surface area contributed by atoms with E-state index in [1.54, 1.807) is 0 Å². The third kappa shape index (κ3) is 2.44. The zero-order chi connectivity index (χ0) is 11.8. The Kier molecular flexibility index (Phi) is 3.32. The molecule has 1 aliphatic heterocycles. The summed E-state index contributed by atoms with van der Waals surface area (Å²) < 4.78 is 0. The highest BCUT2D eigenvalue weighted by molar-refractivity contribution is 7.98. The number of rotatable bonds is 0. The Morgan fingerprint density at radius 1 is 1.31 bits per heavy atom. The van der Waals surface area contributed by atoms with Gasteiger partial charge in [0.2, 0.25) is 0 Å². The summed E-state index contributed by atoms with van der Waals surface area (Å²) in [6.07, 6.45) is 1.10. The van der Waals surface area contributed by atoms with Gasteiger partial charge in [-0.2, -0.15) is 11.8 Å². The van der Waals surface area contributed by atoms with Crippen LogP contribution in [0.1, 0.15) is 49.9 Å². The van der Waals surface area contributed by atoms with Gasteiger partial charge in [-0.1, -0.05) is 39.0 Å². The number of fused-ring (bicyclic) bond motifs is 1. The highest BCUT2D eigenvalue weighted by Gasteiger charge is 2.19. The van der Waals surface area contributed by atoms with E-state index in [4.69, 9.17) is 5.73 Å². The van der Waals surface area contributed by atoms with Gasteiger partial charge < -0.3 is 5.73 Å². The molecule has 0 aromatic heterocycles. The highest BCUT2D eigenvalue weighted by Crippen LogP contribution is 2.32. The van der Waals surface area contributed by atoms with E-state index in [0.29, 0.717) is 0 Å². The fraction of sp³-hybridized carbons (Fsp3) is 0.571. The molecule has 0 saturated heterocycles. The van der Waals surface area contributed by atoms with Crippen LogP contribution >= 0.6 is 11.8 Å². The van der Waals surface area contributed by atoms with Gasteiger partial charge >= 0.3 is 0 Å². The van der Waals surface area contributed by atoms with Crippen molar-refractivity contribution in [2.24, 2.45) is 5.73 Å². The summed E-state index contributed by atoms with van der Waals surface area (Å²) in [7, 11) is 0. The van der Waals surface area contributed by atoms with Crippen molar-refractivity contribution in [1.29, 1.82) is 0 Å². The number of thioether (sulfide) groups is 1. The summed E-state index contributed by atoms with van der Waals surface area (Å²) in [6.45, 7) is 6.77. The van der Waals surface area contributed by atoms with E-state index >= 15 is 0 Å². The van der Waals surface area contributed by atoms with Gasteiger partial charge in [0.1, 0.15) is 0 Å². The number of benzene rings is 1. The van der Waals surface area contributed by atoms with Crippen molar-refractivity contribution in [3.05, 3.63) is 34.9 Å². The van der Waals surface area contributed by atoms with Crippen LogP contribution in [-0.2, 0) is 11.2 Å². The largest absolute Gasteiger partial charge is 0.324 e. The Morgan fingerprint density at radius 2 is 2.06 bits per heavy atom. The first-order chi connectivity index (χ1) is 7.48. The van der Waals surface area contributed by atoms with Crippen molar-refractivity contribution < 1.29 is 0 Å². The first-order valence-corrected chi connectivity index (χ1v) is 7.10. The van der Waals surface area contributed by atoms with Crippen LogP contribution < -0.4 is 5.73 Å². The molecule has 2 rings (SSSR count). The molecule has 16 heavy (non-hydrogen) atoms. The second-order valence-electron chi connectivity index (χ2n) is 5.61. The average Bonchev–Trinajstić information content (AvgIpc) is 2.39. The van der Waals surface area contributed by atoms with Crippen molar-refractivity contribution in [3.63, 3.8) is 0 Å². The average molecular weight is 235 g/mol. The van der Waals surface area contributed by atoms with Crippen LogP contribution in [0.5, 0.6) is 0 Å². The molecule has 0 saturated carbocycles. The van der Waals surface area contributed by atoms with Crippen molar-refractivity contribution in [3.8, 4) is 0 Å². The zero-order valence-corrected chi connectivity index (χ0v) is 11.2. The number of hydrogen-bond acceptors (Lipinski definition) is 2. The van der Waals surface area contributed by atoms with Crippen molar-refractivity contribution >= 4 is 11.8 Å². The van der Waals surface area contributed by atoms with Crippen LogP contribution in [0.2, 0.25) is 0 Å². The van der Waals surface area contributed by atoms with E-state index in [1.807, 2.05) is 11.8 Å². The molecule has 0 fully saturated rings. The molecule has 0 unspecified atom stereocenters. The van der Waals surface area contributed by atoms with Gasteiger partial charge in [-0.15, -0.1) is 0 Å². The molecule has 1 heterocycles. The smallest absolute Gasteiger partial charge is 0.0305 e. The van der Waals surface area contributed by atoms with Gasteiger partial charge in [0.05, 0.1) is 0 Å². The second kappa shape index (κ2) is 4.42. The van der Waals surface area contributed by atoms with Gasteiger partial charge in [-0.05, 0) is 34.3 Å². The summed E-state index contributed by atoms with van der Waals surface area (Å²) in [6, 6.07) is 7.09. The quantitative estimate of drug-likeness (QED) is 0.743. The lowest BCUT2D eigenvalue weighted by Crippen LogP contribution is -2.15. The first-order valence-electron chi connectivity index (χ1n) is 5.95. The number of hydrogen-bond donors (Lipinski definition) is 1. The Morgan fingerprint density at radius 3 is 2.75 bits per heavy atom. The maximum atomic E-state index is 6.25. The van der Waals surface area contributed by atoms with Crippen molar-refractivity contribution in [1.82, 2.24) is 0 Å². The van der Waals surface area contributed by atoms with Gasteiger partial charge in [0.15, 0.2) is 0 Å². The predicted octanol–water partition coefficient (Wildman–Crippen LogP) is 3.62. The Labute approximate surface area is 103 Å². The van der Waals surface area contributed by atoms with Gasteiger partial charge in [0, 0.05) is 11.8 Å². The molecular formula is C14H21NS. The summed E-state index contributed by atoms with van der Waals surface area (Å²) in [5, 5.41) is 0. The molecule has 88 valence electrons. The van der Waals surface area contributed by atoms with Crippen molar-refractivity contribution in [2.45, 2.75) is 44.4 Å². The minimum absolute atomic E-state index is 0.216. The summed E-state index contributed by atoms with van der Waals surface area (Å²) in [5.41, 5.74) is 10.7. The van der Waals surface area contributed by atoms with Gasteiger partial charge in [-0.3, -0.25) is 0 Å². The molecule has 1 nitrogen and oxygen atoms in total. The minimum atomic E-state index is 0.216. The van der Waals surface area contributed by atoms with Crippen molar-refractivity contribution in [2.75, 3.05) is 5.75 Å². The molecule has 0 spiro atoms. The standard InChI is InChI=1S/C14H21NS/c1-14(2,3)11-5-4-10-9-16-7-6-13(15)12(10)8-11/h4-5,8,13H,6-7,9,15H2,1-3H3/t13-/m0/s1. The van der Waals surface area contributed by atoms with E-state index in [1.165, 1.54) is 22.4 Å². The first kappa shape index (κ1) is 12.0. The number of nitrogens with two attached hydrogens (primary N) is 1. The third-order valence-electron chi connectivity index (χ3n) is 3.24. The van der Waals surface area contributed by atoms with E-state index in [-0.39, 0.29) is 11.5 Å². The second-order valence-corrected chi connectivity index (χ2v) is 6.72. The predicted molar refractivity (Wildman–Crippen MR) is 72.8 cm³/mol. The van der Waals surface area contributed by atoms with E-state index < -0.39 is 0 Å². The van der Waals surface area contributed by atoms with E-state index in [9.17, 15) is 0 Å². The normalized spacial score (nSPS) is 21.4. The maximum absolute atomic E-state index is 6.25. The van der Waals surface area contributed by atoms with E-state index in [0.717, 1.165) is 12.2 Å². The molecule has 0 radical (unpaired) electrons. The third-order valence-corrected chi connectivity index (χ3v) is 4.28. The van der Waals surface area contributed by atoms with Crippen LogP contribution in [0.3, 0.4) is 0 Å². The van der Waals surface area contributed by atoms with Crippen LogP contribution in [0.25, 0.3) is 0 Å². The maximum Gasteiger partial charge on any atom is 0.0305 e. The molecule has 0 amide bonds.